The molecule has 0 saturated carbocycles. The lowest BCUT2D eigenvalue weighted by atomic mass is 9.94. The summed E-state index contributed by atoms with van der Waals surface area (Å²) in [5.41, 5.74) is 3.49. The average molecular weight is 339 g/mol. The molecule has 1 aromatic heterocycles. The van der Waals surface area contributed by atoms with Gasteiger partial charge in [0.05, 0.1) is 5.52 Å². The number of nitrogens with one attached hydrogen (secondary N) is 1. The zero-order valence-corrected chi connectivity index (χ0v) is 15.7. The van der Waals surface area contributed by atoms with Crippen LogP contribution in [0.2, 0.25) is 0 Å². The van der Waals surface area contributed by atoms with Crippen molar-refractivity contribution >= 4 is 22.5 Å². The minimum atomic E-state index is 0.171. The van der Waals surface area contributed by atoms with E-state index in [9.17, 15) is 4.79 Å². The number of pyridine rings is 1. The second-order valence-electron chi connectivity index (χ2n) is 7.91. The van der Waals surface area contributed by atoms with Crippen LogP contribution in [-0.4, -0.2) is 30.0 Å². The predicted octanol–water partition coefficient (Wildman–Crippen LogP) is 3.92. The molecule has 1 N–H and O–H groups in total. The van der Waals surface area contributed by atoms with Gasteiger partial charge in [-0.05, 0) is 48.9 Å². The maximum atomic E-state index is 12.2. The molecule has 2 aromatic rings. The van der Waals surface area contributed by atoms with Gasteiger partial charge in [-0.3, -0.25) is 9.78 Å². The molecule has 0 aliphatic carbocycles. The second-order valence-corrected chi connectivity index (χ2v) is 7.91. The number of aryl methyl sites for hydroxylation is 1. The molecule has 1 amide bonds. The smallest absolute Gasteiger partial charge is 0.220 e. The molecule has 4 heteroatoms. The first-order valence-corrected chi connectivity index (χ1v) is 9.32. The Morgan fingerprint density at radius 2 is 2.12 bits per heavy atom. The normalized spacial score (nSPS) is 20.9. The van der Waals surface area contributed by atoms with Crippen LogP contribution in [0.3, 0.4) is 0 Å². The Morgan fingerprint density at radius 1 is 1.32 bits per heavy atom. The number of rotatable bonds is 4. The molecule has 1 aliphatic rings. The van der Waals surface area contributed by atoms with Crippen LogP contribution in [0.1, 0.15) is 39.2 Å². The van der Waals surface area contributed by atoms with Crippen molar-refractivity contribution in [3.05, 3.63) is 36.0 Å². The third-order valence-corrected chi connectivity index (χ3v) is 4.91. The Morgan fingerprint density at radius 3 is 2.88 bits per heavy atom. The summed E-state index contributed by atoms with van der Waals surface area (Å²) in [5.74, 6) is 1.11. The molecule has 3 rings (SSSR count). The largest absolute Gasteiger partial charge is 0.369 e. The number of piperidine rings is 1. The van der Waals surface area contributed by atoms with Gasteiger partial charge in [0.15, 0.2) is 0 Å². The minimum absolute atomic E-state index is 0.171. The molecule has 1 aliphatic heterocycles. The first-order valence-electron chi connectivity index (χ1n) is 9.32. The van der Waals surface area contributed by atoms with Gasteiger partial charge in [0.1, 0.15) is 0 Å². The van der Waals surface area contributed by atoms with Crippen molar-refractivity contribution in [2.75, 3.05) is 18.0 Å². The molecule has 2 heterocycles. The van der Waals surface area contributed by atoms with Crippen molar-refractivity contribution < 1.29 is 4.79 Å². The molecule has 1 aromatic carbocycles. The number of hydrogen-bond donors (Lipinski definition) is 1. The molecule has 0 bridgehead atoms. The standard InChI is InChI=1S/C21H29N3O/c1-14(2)10-20(25)23-17-11-15(3)12-24(13-17)19-8-7-16(4)21-18(19)6-5-9-22-21/h5-9,14-15,17H,10-13H2,1-4H3,(H,23,25). The summed E-state index contributed by atoms with van der Waals surface area (Å²) in [4.78, 5) is 19.2. The van der Waals surface area contributed by atoms with Crippen molar-refractivity contribution in [1.29, 1.82) is 0 Å². The number of carbonyl (C=O) groups excluding carboxylic acids is 1. The van der Waals surface area contributed by atoms with Gasteiger partial charge >= 0.3 is 0 Å². The molecule has 0 spiro atoms. The molecule has 134 valence electrons. The van der Waals surface area contributed by atoms with Crippen LogP contribution >= 0.6 is 0 Å². The SMILES string of the molecule is Cc1ccc(N2CC(C)CC(NC(=O)CC(C)C)C2)c2cccnc12. The lowest BCUT2D eigenvalue weighted by Gasteiger charge is -2.39. The van der Waals surface area contributed by atoms with Crippen LogP contribution in [-0.2, 0) is 4.79 Å². The third kappa shape index (κ3) is 4.12. The number of nitrogens with zero attached hydrogens (tertiary/aromatic N) is 2. The van der Waals surface area contributed by atoms with Gasteiger partial charge in [-0.2, -0.15) is 0 Å². The van der Waals surface area contributed by atoms with Gasteiger partial charge in [0.2, 0.25) is 5.91 Å². The summed E-state index contributed by atoms with van der Waals surface area (Å²) in [7, 11) is 0. The molecule has 2 unspecified atom stereocenters. The number of fused-ring (bicyclic) bond motifs is 1. The fourth-order valence-electron chi connectivity index (χ4n) is 3.88. The van der Waals surface area contributed by atoms with Crippen molar-refractivity contribution in [3.8, 4) is 0 Å². The highest BCUT2D eigenvalue weighted by Gasteiger charge is 2.27. The van der Waals surface area contributed by atoms with E-state index >= 15 is 0 Å². The Kier molecular flexibility index (Phi) is 5.26. The highest BCUT2D eigenvalue weighted by Crippen LogP contribution is 2.31. The van der Waals surface area contributed by atoms with Crippen LogP contribution in [0.25, 0.3) is 10.9 Å². The van der Waals surface area contributed by atoms with E-state index in [1.54, 1.807) is 0 Å². The molecule has 2 atom stereocenters. The summed E-state index contributed by atoms with van der Waals surface area (Å²) >= 11 is 0. The molecular formula is C21H29N3O. The van der Waals surface area contributed by atoms with Crippen LogP contribution in [0.4, 0.5) is 5.69 Å². The van der Waals surface area contributed by atoms with Gasteiger partial charge in [-0.25, -0.2) is 0 Å². The van der Waals surface area contributed by atoms with Crippen molar-refractivity contribution in [2.45, 2.75) is 46.6 Å². The molecule has 1 saturated heterocycles. The van der Waals surface area contributed by atoms with Crippen molar-refractivity contribution in [3.63, 3.8) is 0 Å². The van der Waals surface area contributed by atoms with E-state index in [-0.39, 0.29) is 11.9 Å². The highest BCUT2D eigenvalue weighted by atomic mass is 16.1. The van der Waals surface area contributed by atoms with Gasteiger partial charge in [-0.1, -0.05) is 26.8 Å². The van der Waals surface area contributed by atoms with E-state index in [1.165, 1.54) is 16.6 Å². The van der Waals surface area contributed by atoms with Gasteiger partial charge in [-0.15, -0.1) is 0 Å². The Bertz CT molecular complexity index is 756. The number of aromatic nitrogens is 1. The second kappa shape index (κ2) is 7.42. The Hall–Kier alpha value is -2.10. The Labute approximate surface area is 150 Å². The quantitative estimate of drug-likeness (QED) is 0.918. The zero-order chi connectivity index (χ0) is 18.0. The zero-order valence-electron chi connectivity index (χ0n) is 15.7. The summed E-state index contributed by atoms with van der Waals surface area (Å²) in [6.07, 6.45) is 3.50. The predicted molar refractivity (Wildman–Crippen MR) is 104 cm³/mol. The molecular weight excluding hydrogens is 310 g/mol. The van der Waals surface area contributed by atoms with E-state index < -0.39 is 0 Å². The van der Waals surface area contributed by atoms with Gasteiger partial charge in [0, 0.05) is 42.8 Å². The number of amides is 1. The minimum Gasteiger partial charge on any atom is -0.369 e. The van der Waals surface area contributed by atoms with Gasteiger partial charge < -0.3 is 10.2 Å². The highest BCUT2D eigenvalue weighted by molar-refractivity contribution is 5.93. The first kappa shape index (κ1) is 17.7. The molecule has 0 radical (unpaired) electrons. The van der Waals surface area contributed by atoms with E-state index in [4.69, 9.17) is 0 Å². The number of anilines is 1. The van der Waals surface area contributed by atoms with E-state index in [0.717, 1.165) is 25.0 Å². The fraction of sp³-hybridized carbons (Fsp3) is 0.524. The fourth-order valence-corrected chi connectivity index (χ4v) is 3.88. The summed E-state index contributed by atoms with van der Waals surface area (Å²) in [6, 6.07) is 8.71. The summed E-state index contributed by atoms with van der Waals surface area (Å²) < 4.78 is 0. The maximum Gasteiger partial charge on any atom is 0.220 e. The average Bonchev–Trinajstić information content (AvgIpc) is 2.54. The first-order chi connectivity index (χ1) is 11.9. The lowest BCUT2D eigenvalue weighted by molar-refractivity contribution is -0.122. The molecule has 1 fully saturated rings. The summed E-state index contributed by atoms with van der Waals surface area (Å²) in [5, 5.41) is 4.44. The van der Waals surface area contributed by atoms with Crippen LogP contribution in [0.5, 0.6) is 0 Å². The molecule has 25 heavy (non-hydrogen) atoms. The third-order valence-electron chi connectivity index (χ3n) is 4.91. The van der Waals surface area contributed by atoms with Crippen LogP contribution in [0.15, 0.2) is 30.5 Å². The topological polar surface area (TPSA) is 45.2 Å². The number of carbonyl (C=O) groups is 1. The maximum absolute atomic E-state index is 12.2. The van der Waals surface area contributed by atoms with Crippen molar-refractivity contribution in [2.24, 2.45) is 11.8 Å². The Balaban J connectivity index is 1.83. The van der Waals surface area contributed by atoms with E-state index in [0.29, 0.717) is 18.3 Å². The van der Waals surface area contributed by atoms with Crippen molar-refractivity contribution in [1.82, 2.24) is 10.3 Å². The number of hydrogen-bond acceptors (Lipinski definition) is 3. The number of benzene rings is 1. The lowest BCUT2D eigenvalue weighted by Crippen LogP contribution is -2.50. The van der Waals surface area contributed by atoms with E-state index in [1.807, 2.05) is 12.3 Å². The summed E-state index contributed by atoms with van der Waals surface area (Å²) in [6.45, 7) is 10.4. The van der Waals surface area contributed by atoms with Crippen LogP contribution < -0.4 is 10.2 Å². The monoisotopic (exact) mass is 339 g/mol. The van der Waals surface area contributed by atoms with E-state index in [2.05, 4.69) is 61.1 Å². The molecule has 4 nitrogen and oxygen atoms in total. The van der Waals surface area contributed by atoms with Crippen LogP contribution in [0, 0.1) is 18.8 Å². The van der Waals surface area contributed by atoms with Gasteiger partial charge in [0.25, 0.3) is 0 Å².